The minimum Gasteiger partial charge on any atom is -0.361 e. The van der Waals surface area contributed by atoms with Gasteiger partial charge in [0.15, 0.2) is 0 Å². The van der Waals surface area contributed by atoms with E-state index >= 15 is 4.39 Å². The Kier molecular flexibility index (Phi) is 6.42. The van der Waals surface area contributed by atoms with Crippen molar-refractivity contribution in [1.82, 2.24) is 14.8 Å². The first-order valence-electron chi connectivity index (χ1n) is 11.4. The van der Waals surface area contributed by atoms with Crippen molar-refractivity contribution < 1.29 is 9.18 Å². The van der Waals surface area contributed by atoms with Gasteiger partial charge in [0.05, 0.1) is 0 Å². The number of carbonyl (C=O) groups is 1. The van der Waals surface area contributed by atoms with Crippen molar-refractivity contribution in [3.63, 3.8) is 0 Å². The molecule has 0 saturated carbocycles. The molecule has 0 aliphatic carbocycles. The lowest BCUT2D eigenvalue weighted by molar-refractivity contribution is -0.133. The van der Waals surface area contributed by atoms with Gasteiger partial charge in [0, 0.05) is 55.6 Å². The minimum absolute atomic E-state index is 0.0997. The summed E-state index contributed by atoms with van der Waals surface area (Å²) in [6.45, 7) is 10.5. The standard InChI is InChI=1S/C26H32FN3O/c1-4-19-7-6-8-20-23(17-28-26(19)20)21(22-15-18(3)9-10-24(22)27)16-25(31)30-13-11-29(5-2)12-14-30/h6-10,15,17,21,28H,4-5,11-14,16H2,1-3H3/t21-/m1/s1. The molecule has 5 heteroatoms. The molecule has 0 spiro atoms. The predicted octanol–water partition coefficient (Wildman–Crippen LogP) is 4.86. The summed E-state index contributed by atoms with van der Waals surface area (Å²) in [6.07, 6.45) is 3.16. The number of aryl methyl sites for hydroxylation is 2. The number of piperazine rings is 1. The molecule has 1 N–H and O–H groups in total. The molecule has 164 valence electrons. The Morgan fingerprint density at radius 1 is 1.10 bits per heavy atom. The third-order valence-electron chi connectivity index (χ3n) is 6.67. The van der Waals surface area contributed by atoms with Crippen molar-refractivity contribution in [2.45, 2.75) is 39.5 Å². The number of nitrogens with one attached hydrogen (secondary N) is 1. The highest BCUT2D eigenvalue weighted by Gasteiger charge is 2.28. The van der Waals surface area contributed by atoms with Crippen LogP contribution in [0.4, 0.5) is 4.39 Å². The average molecular weight is 422 g/mol. The van der Waals surface area contributed by atoms with Gasteiger partial charge >= 0.3 is 0 Å². The lowest BCUT2D eigenvalue weighted by Gasteiger charge is -2.35. The lowest BCUT2D eigenvalue weighted by Crippen LogP contribution is -2.48. The number of para-hydroxylation sites is 1. The number of likely N-dealkylation sites (N-methyl/N-ethyl adjacent to an activating group) is 1. The number of carbonyl (C=O) groups excluding carboxylic acids is 1. The molecule has 31 heavy (non-hydrogen) atoms. The SMILES string of the molecule is CCc1cccc2c([C@H](CC(=O)N3CCN(CC)CC3)c3cc(C)ccc3F)c[nH]c12. The van der Waals surface area contributed by atoms with Gasteiger partial charge in [-0.3, -0.25) is 4.79 Å². The zero-order valence-corrected chi connectivity index (χ0v) is 18.7. The van der Waals surface area contributed by atoms with E-state index in [1.807, 2.05) is 30.2 Å². The van der Waals surface area contributed by atoms with Gasteiger partial charge in [-0.15, -0.1) is 0 Å². The number of rotatable bonds is 6. The van der Waals surface area contributed by atoms with Crippen LogP contribution in [0.25, 0.3) is 10.9 Å². The van der Waals surface area contributed by atoms with Gasteiger partial charge in [0.25, 0.3) is 0 Å². The second-order valence-corrected chi connectivity index (χ2v) is 8.53. The van der Waals surface area contributed by atoms with Crippen LogP contribution in [0.5, 0.6) is 0 Å². The van der Waals surface area contributed by atoms with Crippen molar-refractivity contribution in [3.05, 3.63) is 70.7 Å². The van der Waals surface area contributed by atoms with E-state index in [0.717, 1.165) is 61.2 Å². The van der Waals surface area contributed by atoms with Crippen LogP contribution in [0, 0.1) is 12.7 Å². The maximum Gasteiger partial charge on any atom is 0.223 e. The Hall–Kier alpha value is -2.66. The molecule has 1 amide bonds. The van der Waals surface area contributed by atoms with E-state index in [9.17, 15) is 4.79 Å². The summed E-state index contributed by atoms with van der Waals surface area (Å²) in [7, 11) is 0. The number of fused-ring (bicyclic) bond motifs is 1. The van der Waals surface area contributed by atoms with E-state index in [1.54, 1.807) is 6.07 Å². The molecule has 1 aliphatic heterocycles. The molecule has 2 aromatic carbocycles. The highest BCUT2D eigenvalue weighted by atomic mass is 19.1. The topological polar surface area (TPSA) is 39.3 Å². The van der Waals surface area contributed by atoms with Crippen LogP contribution in [0.1, 0.15) is 48.4 Å². The summed E-state index contributed by atoms with van der Waals surface area (Å²) in [5.74, 6) is -0.472. The highest BCUT2D eigenvalue weighted by Crippen LogP contribution is 2.36. The number of H-pyrrole nitrogens is 1. The number of aromatic nitrogens is 1. The molecular weight excluding hydrogens is 389 g/mol. The second kappa shape index (κ2) is 9.23. The van der Waals surface area contributed by atoms with Crippen LogP contribution in [-0.4, -0.2) is 53.4 Å². The van der Waals surface area contributed by atoms with E-state index in [4.69, 9.17) is 0 Å². The third-order valence-corrected chi connectivity index (χ3v) is 6.67. The molecule has 0 bridgehead atoms. The van der Waals surface area contributed by atoms with Crippen LogP contribution >= 0.6 is 0 Å². The molecule has 1 aliphatic rings. The van der Waals surface area contributed by atoms with Gasteiger partial charge in [-0.25, -0.2) is 4.39 Å². The monoisotopic (exact) mass is 421 g/mol. The van der Waals surface area contributed by atoms with Crippen LogP contribution in [-0.2, 0) is 11.2 Å². The molecule has 1 saturated heterocycles. The van der Waals surface area contributed by atoms with Gasteiger partial charge < -0.3 is 14.8 Å². The van der Waals surface area contributed by atoms with Crippen molar-refractivity contribution in [2.75, 3.05) is 32.7 Å². The fourth-order valence-electron chi connectivity index (χ4n) is 4.76. The van der Waals surface area contributed by atoms with Gasteiger partial charge in [-0.1, -0.05) is 49.7 Å². The number of benzene rings is 2. The van der Waals surface area contributed by atoms with Crippen LogP contribution in [0.2, 0.25) is 0 Å². The number of nitrogens with zero attached hydrogens (tertiary/aromatic N) is 2. The molecule has 0 unspecified atom stereocenters. The second-order valence-electron chi connectivity index (χ2n) is 8.53. The Labute approximate surface area is 184 Å². The quantitative estimate of drug-likeness (QED) is 0.617. The van der Waals surface area contributed by atoms with Gasteiger partial charge in [-0.2, -0.15) is 0 Å². The molecule has 1 fully saturated rings. The van der Waals surface area contributed by atoms with Crippen molar-refractivity contribution in [3.8, 4) is 0 Å². The maximum atomic E-state index is 15.0. The summed E-state index contributed by atoms with van der Waals surface area (Å²) in [6, 6.07) is 11.4. The fourth-order valence-corrected chi connectivity index (χ4v) is 4.76. The zero-order valence-electron chi connectivity index (χ0n) is 18.7. The Morgan fingerprint density at radius 2 is 1.87 bits per heavy atom. The van der Waals surface area contributed by atoms with Crippen LogP contribution < -0.4 is 0 Å². The molecule has 0 radical (unpaired) electrons. The first-order valence-corrected chi connectivity index (χ1v) is 11.4. The summed E-state index contributed by atoms with van der Waals surface area (Å²) < 4.78 is 15.0. The van der Waals surface area contributed by atoms with Crippen molar-refractivity contribution >= 4 is 16.8 Å². The molecule has 1 atom stereocenters. The first-order chi connectivity index (χ1) is 15.0. The minimum atomic E-state index is -0.322. The highest BCUT2D eigenvalue weighted by molar-refractivity contribution is 5.88. The lowest BCUT2D eigenvalue weighted by atomic mass is 9.86. The first kappa shape index (κ1) is 21.6. The third kappa shape index (κ3) is 4.38. The van der Waals surface area contributed by atoms with Gasteiger partial charge in [0.1, 0.15) is 5.82 Å². The number of amides is 1. The zero-order chi connectivity index (χ0) is 22.0. The molecule has 4 rings (SSSR count). The Bertz CT molecular complexity index is 1070. The van der Waals surface area contributed by atoms with Gasteiger partial charge in [-0.05, 0) is 42.6 Å². The smallest absolute Gasteiger partial charge is 0.223 e. The van der Waals surface area contributed by atoms with Crippen LogP contribution in [0.15, 0.2) is 42.6 Å². The van der Waals surface area contributed by atoms with E-state index in [0.29, 0.717) is 5.56 Å². The van der Waals surface area contributed by atoms with E-state index in [1.165, 1.54) is 11.6 Å². The van der Waals surface area contributed by atoms with Crippen molar-refractivity contribution in [2.24, 2.45) is 0 Å². The molecule has 3 aromatic rings. The summed E-state index contributed by atoms with van der Waals surface area (Å²) >= 11 is 0. The molecular formula is C26H32FN3O. The molecule has 2 heterocycles. The fraction of sp³-hybridized carbons (Fsp3) is 0.423. The summed E-state index contributed by atoms with van der Waals surface area (Å²) in [5, 5.41) is 1.08. The number of halogens is 1. The summed E-state index contributed by atoms with van der Waals surface area (Å²) in [4.78, 5) is 21.0. The van der Waals surface area contributed by atoms with Gasteiger partial charge in [0.2, 0.25) is 5.91 Å². The Morgan fingerprint density at radius 3 is 2.58 bits per heavy atom. The number of hydrogen-bond donors (Lipinski definition) is 1. The van der Waals surface area contributed by atoms with Crippen LogP contribution in [0.3, 0.4) is 0 Å². The van der Waals surface area contributed by atoms with E-state index < -0.39 is 0 Å². The predicted molar refractivity (Wildman–Crippen MR) is 124 cm³/mol. The molecule has 4 nitrogen and oxygen atoms in total. The Balaban J connectivity index is 1.71. The van der Waals surface area contributed by atoms with Crippen molar-refractivity contribution in [1.29, 1.82) is 0 Å². The van der Waals surface area contributed by atoms with E-state index in [2.05, 4.69) is 35.9 Å². The normalized spacial score (nSPS) is 16.1. The molecule has 1 aromatic heterocycles. The summed E-state index contributed by atoms with van der Waals surface area (Å²) in [5.41, 5.74) is 4.91. The average Bonchev–Trinajstić information content (AvgIpc) is 3.23. The number of aromatic amines is 1. The largest absolute Gasteiger partial charge is 0.361 e. The maximum absolute atomic E-state index is 15.0. The number of hydrogen-bond acceptors (Lipinski definition) is 2. The van der Waals surface area contributed by atoms with E-state index in [-0.39, 0.29) is 24.1 Å².